The average molecular weight is 247 g/mol. The SMILES string of the molecule is CCCC(C)NC(=O)C=Cc1ccc(OC)cc1. The monoisotopic (exact) mass is 247 g/mol. The maximum absolute atomic E-state index is 11.6. The van der Waals surface area contributed by atoms with Gasteiger partial charge in [-0.05, 0) is 37.1 Å². The number of carbonyl (C=O) groups excluding carboxylic acids is 1. The van der Waals surface area contributed by atoms with Gasteiger partial charge >= 0.3 is 0 Å². The molecular weight excluding hydrogens is 226 g/mol. The summed E-state index contributed by atoms with van der Waals surface area (Å²) in [6.07, 6.45) is 5.44. The van der Waals surface area contributed by atoms with E-state index in [1.165, 1.54) is 0 Å². The molecule has 1 aromatic rings. The zero-order valence-electron chi connectivity index (χ0n) is 11.3. The number of hydrogen-bond acceptors (Lipinski definition) is 2. The van der Waals surface area contributed by atoms with Crippen LogP contribution in [0.4, 0.5) is 0 Å². The van der Waals surface area contributed by atoms with Crippen molar-refractivity contribution in [2.75, 3.05) is 7.11 Å². The predicted octanol–water partition coefficient (Wildman–Crippen LogP) is 3.01. The zero-order valence-corrected chi connectivity index (χ0v) is 11.3. The Bertz CT molecular complexity index is 395. The maximum Gasteiger partial charge on any atom is 0.244 e. The summed E-state index contributed by atoms with van der Waals surface area (Å²) in [6.45, 7) is 4.12. The highest BCUT2D eigenvalue weighted by molar-refractivity contribution is 5.91. The minimum absolute atomic E-state index is 0.0493. The van der Waals surface area contributed by atoms with Crippen LogP contribution in [0, 0.1) is 0 Å². The Morgan fingerprint density at radius 2 is 2.06 bits per heavy atom. The largest absolute Gasteiger partial charge is 0.497 e. The second kappa shape index (κ2) is 7.54. The van der Waals surface area contributed by atoms with Crippen LogP contribution >= 0.6 is 0 Å². The van der Waals surface area contributed by atoms with Crippen LogP contribution < -0.4 is 10.1 Å². The van der Waals surface area contributed by atoms with Gasteiger partial charge in [-0.15, -0.1) is 0 Å². The molecule has 98 valence electrons. The van der Waals surface area contributed by atoms with Crippen molar-refractivity contribution in [3.05, 3.63) is 35.9 Å². The number of ether oxygens (including phenoxy) is 1. The molecule has 1 atom stereocenters. The first-order valence-corrected chi connectivity index (χ1v) is 6.28. The number of methoxy groups -OCH3 is 1. The molecule has 1 unspecified atom stereocenters. The van der Waals surface area contributed by atoms with Crippen molar-refractivity contribution in [3.63, 3.8) is 0 Å². The molecule has 0 bridgehead atoms. The van der Waals surface area contributed by atoms with Crippen LogP contribution in [0.1, 0.15) is 32.3 Å². The van der Waals surface area contributed by atoms with Gasteiger partial charge in [0.15, 0.2) is 0 Å². The Balaban J connectivity index is 2.49. The van der Waals surface area contributed by atoms with Crippen LogP contribution in [0.5, 0.6) is 5.75 Å². The summed E-state index contributed by atoms with van der Waals surface area (Å²) in [5.41, 5.74) is 0.981. The molecule has 18 heavy (non-hydrogen) atoms. The van der Waals surface area contributed by atoms with Gasteiger partial charge in [0.25, 0.3) is 0 Å². The summed E-state index contributed by atoms with van der Waals surface area (Å²) in [5, 5.41) is 2.92. The topological polar surface area (TPSA) is 38.3 Å². The molecule has 1 rings (SSSR count). The van der Waals surface area contributed by atoms with Crippen LogP contribution in [0.3, 0.4) is 0 Å². The number of amides is 1. The average Bonchev–Trinajstić information content (AvgIpc) is 2.37. The van der Waals surface area contributed by atoms with E-state index in [0.29, 0.717) is 0 Å². The van der Waals surface area contributed by atoms with E-state index in [2.05, 4.69) is 12.2 Å². The predicted molar refractivity (Wildman–Crippen MR) is 74.5 cm³/mol. The highest BCUT2D eigenvalue weighted by Gasteiger charge is 2.02. The third-order valence-electron chi connectivity index (χ3n) is 2.65. The van der Waals surface area contributed by atoms with Crippen molar-refractivity contribution in [2.45, 2.75) is 32.7 Å². The molecule has 3 heteroatoms. The lowest BCUT2D eigenvalue weighted by atomic mass is 10.2. The van der Waals surface area contributed by atoms with E-state index in [0.717, 1.165) is 24.2 Å². The van der Waals surface area contributed by atoms with Crippen LogP contribution in [0.2, 0.25) is 0 Å². The quantitative estimate of drug-likeness (QED) is 0.785. The first-order valence-electron chi connectivity index (χ1n) is 6.28. The molecule has 0 fully saturated rings. The third-order valence-corrected chi connectivity index (χ3v) is 2.65. The zero-order chi connectivity index (χ0) is 13.4. The third kappa shape index (κ3) is 5.04. The molecule has 0 saturated carbocycles. The molecule has 0 aromatic heterocycles. The molecule has 0 saturated heterocycles. The summed E-state index contributed by atoms with van der Waals surface area (Å²) < 4.78 is 5.07. The van der Waals surface area contributed by atoms with Crippen molar-refractivity contribution in [3.8, 4) is 5.75 Å². The smallest absolute Gasteiger partial charge is 0.244 e. The number of rotatable bonds is 6. The van der Waals surface area contributed by atoms with Gasteiger partial charge in [-0.3, -0.25) is 4.79 Å². The van der Waals surface area contributed by atoms with Gasteiger partial charge in [0, 0.05) is 12.1 Å². The standard InChI is InChI=1S/C15H21NO2/c1-4-5-12(2)16-15(17)11-8-13-6-9-14(18-3)10-7-13/h6-12H,4-5H2,1-3H3,(H,16,17). The lowest BCUT2D eigenvalue weighted by Crippen LogP contribution is -2.30. The van der Waals surface area contributed by atoms with Crippen LogP contribution in [0.25, 0.3) is 6.08 Å². The minimum atomic E-state index is -0.0493. The molecule has 3 nitrogen and oxygen atoms in total. The minimum Gasteiger partial charge on any atom is -0.497 e. The first-order chi connectivity index (χ1) is 8.65. The van der Waals surface area contributed by atoms with Gasteiger partial charge in [0.05, 0.1) is 7.11 Å². The Morgan fingerprint density at radius 1 is 1.39 bits per heavy atom. The molecular formula is C15H21NO2. The van der Waals surface area contributed by atoms with E-state index < -0.39 is 0 Å². The van der Waals surface area contributed by atoms with E-state index in [9.17, 15) is 4.79 Å². The van der Waals surface area contributed by atoms with E-state index in [1.807, 2.05) is 31.2 Å². The molecule has 0 aliphatic rings. The second-order valence-corrected chi connectivity index (χ2v) is 4.30. The van der Waals surface area contributed by atoms with Crippen molar-refractivity contribution in [1.82, 2.24) is 5.32 Å². The van der Waals surface area contributed by atoms with E-state index >= 15 is 0 Å². The van der Waals surface area contributed by atoms with E-state index in [4.69, 9.17) is 4.74 Å². The summed E-state index contributed by atoms with van der Waals surface area (Å²) in [7, 11) is 1.63. The first kappa shape index (κ1) is 14.3. The fraction of sp³-hybridized carbons (Fsp3) is 0.400. The molecule has 0 heterocycles. The Labute approximate surface area is 109 Å². The van der Waals surface area contributed by atoms with Crippen LogP contribution in [-0.2, 0) is 4.79 Å². The van der Waals surface area contributed by atoms with Crippen LogP contribution in [-0.4, -0.2) is 19.1 Å². The molecule has 1 aromatic carbocycles. The van der Waals surface area contributed by atoms with Gasteiger partial charge in [-0.25, -0.2) is 0 Å². The second-order valence-electron chi connectivity index (χ2n) is 4.30. The van der Waals surface area contributed by atoms with Crippen molar-refractivity contribution < 1.29 is 9.53 Å². The Hall–Kier alpha value is -1.77. The van der Waals surface area contributed by atoms with Crippen molar-refractivity contribution in [2.24, 2.45) is 0 Å². The number of benzene rings is 1. The highest BCUT2D eigenvalue weighted by atomic mass is 16.5. The fourth-order valence-electron chi connectivity index (χ4n) is 1.68. The summed E-state index contributed by atoms with van der Waals surface area (Å²) >= 11 is 0. The number of nitrogens with one attached hydrogen (secondary N) is 1. The van der Waals surface area contributed by atoms with Crippen molar-refractivity contribution in [1.29, 1.82) is 0 Å². The lowest BCUT2D eigenvalue weighted by molar-refractivity contribution is -0.117. The summed E-state index contributed by atoms with van der Waals surface area (Å²) in [5.74, 6) is 0.764. The van der Waals surface area contributed by atoms with Crippen molar-refractivity contribution >= 4 is 12.0 Å². The van der Waals surface area contributed by atoms with E-state index in [1.54, 1.807) is 19.3 Å². The molecule has 0 radical (unpaired) electrons. The van der Waals surface area contributed by atoms with Gasteiger partial charge in [0.1, 0.15) is 5.75 Å². The molecule has 1 amide bonds. The van der Waals surface area contributed by atoms with Gasteiger partial charge in [0.2, 0.25) is 5.91 Å². The molecule has 1 N–H and O–H groups in total. The number of carbonyl (C=O) groups is 1. The maximum atomic E-state index is 11.6. The van der Waals surface area contributed by atoms with Crippen LogP contribution in [0.15, 0.2) is 30.3 Å². The normalized spacial score (nSPS) is 12.4. The summed E-state index contributed by atoms with van der Waals surface area (Å²) in [6, 6.07) is 7.80. The van der Waals surface area contributed by atoms with E-state index in [-0.39, 0.29) is 11.9 Å². The van der Waals surface area contributed by atoms with Gasteiger partial charge in [-0.1, -0.05) is 25.5 Å². The molecule has 0 aliphatic heterocycles. The fourth-order valence-corrected chi connectivity index (χ4v) is 1.68. The van der Waals surface area contributed by atoms with Gasteiger partial charge in [-0.2, -0.15) is 0 Å². The summed E-state index contributed by atoms with van der Waals surface area (Å²) in [4.78, 5) is 11.6. The van der Waals surface area contributed by atoms with Gasteiger partial charge < -0.3 is 10.1 Å². The Kier molecular flexibility index (Phi) is 5.98. The Morgan fingerprint density at radius 3 is 2.61 bits per heavy atom. The molecule has 0 aliphatic carbocycles. The number of hydrogen-bond donors (Lipinski definition) is 1. The lowest BCUT2D eigenvalue weighted by Gasteiger charge is -2.10. The highest BCUT2D eigenvalue weighted by Crippen LogP contribution is 2.12. The molecule has 0 spiro atoms.